The van der Waals surface area contributed by atoms with Gasteiger partial charge in [-0.15, -0.1) is 11.3 Å². The van der Waals surface area contributed by atoms with Crippen molar-refractivity contribution in [2.24, 2.45) is 11.1 Å². The number of piperidine rings is 1. The van der Waals surface area contributed by atoms with Crippen LogP contribution in [0, 0.1) is 5.41 Å². The van der Waals surface area contributed by atoms with Crippen LogP contribution in [0.4, 0.5) is 0 Å². The van der Waals surface area contributed by atoms with Crippen molar-refractivity contribution in [2.45, 2.75) is 19.8 Å². The number of carbonyl (C=O) groups excluding carboxylic acids is 1. The fourth-order valence-electron chi connectivity index (χ4n) is 2.03. The lowest BCUT2D eigenvalue weighted by Gasteiger charge is -2.38. The van der Waals surface area contributed by atoms with Crippen LogP contribution in [-0.4, -0.2) is 28.9 Å². The predicted octanol–water partition coefficient (Wildman–Crippen LogP) is 3.04. The van der Waals surface area contributed by atoms with Crippen molar-refractivity contribution in [3.63, 3.8) is 0 Å². The van der Waals surface area contributed by atoms with Gasteiger partial charge in [-0.1, -0.05) is 19.1 Å². The third kappa shape index (κ3) is 2.75. The van der Waals surface area contributed by atoms with Crippen LogP contribution >= 0.6 is 39.5 Å². The van der Waals surface area contributed by atoms with Crippen LogP contribution in [0.5, 0.6) is 0 Å². The molecule has 0 aliphatic carbocycles. The minimum absolute atomic E-state index is 0.0951. The monoisotopic (exact) mass is 346 g/mol. The average Bonchev–Trinajstić information content (AvgIpc) is 2.76. The van der Waals surface area contributed by atoms with E-state index < -0.39 is 0 Å². The van der Waals surface area contributed by atoms with E-state index in [0.29, 0.717) is 4.99 Å². The molecule has 0 unspecified atom stereocenters. The van der Waals surface area contributed by atoms with Gasteiger partial charge in [0, 0.05) is 18.5 Å². The number of carbonyl (C=O) groups is 1. The molecule has 6 heteroatoms. The van der Waals surface area contributed by atoms with Crippen molar-refractivity contribution in [3.05, 3.63) is 20.8 Å². The number of nitrogens with two attached hydrogens (primary N) is 1. The maximum Gasteiger partial charge on any atom is 0.263 e. The second-order valence-corrected chi connectivity index (χ2v) is 7.72. The molecule has 1 aliphatic heterocycles. The topological polar surface area (TPSA) is 46.3 Å². The Hall–Kier alpha value is -0.460. The summed E-state index contributed by atoms with van der Waals surface area (Å²) in [6.07, 6.45) is 1.70. The van der Waals surface area contributed by atoms with Crippen LogP contribution < -0.4 is 5.73 Å². The number of rotatable bonds is 2. The second-order valence-electron chi connectivity index (χ2n) is 4.82. The Morgan fingerprint density at radius 2 is 2.11 bits per heavy atom. The van der Waals surface area contributed by atoms with Crippen LogP contribution in [0.3, 0.4) is 0 Å². The van der Waals surface area contributed by atoms with E-state index in [4.69, 9.17) is 18.0 Å². The van der Waals surface area contributed by atoms with Crippen molar-refractivity contribution in [3.8, 4) is 0 Å². The molecule has 0 atom stereocenters. The van der Waals surface area contributed by atoms with E-state index in [0.717, 1.165) is 34.6 Å². The minimum Gasteiger partial charge on any atom is -0.393 e. The Morgan fingerprint density at radius 3 is 2.56 bits per heavy atom. The van der Waals surface area contributed by atoms with Crippen molar-refractivity contribution in [2.75, 3.05) is 13.1 Å². The van der Waals surface area contributed by atoms with Gasteiger partial charge in [-0.25, -0.2) is 0 Å². The summed E-state index contributed by atoms with van der Waals surface area (Å²) < 4.78 is 0.982. The number of amides is 1. The molecule has 0 bridgehead atoms. The molecule has 1 aromatic heterocycles. The maximum absolute atomic E-state index is 12.2. The van der Waals surface area contributed by atoms with Gasteiger partial charge in [0.2, 0.25) is 0 Å². The molecule has 3 nitrogen and oxygen atoms in total. The molecule has 1 amide bonds. The molecule has 0 radical (unpaired) electrons. The first-order valence-corrected chi connectivity index (χ1v) is 7.79. The van der Waals surface area contributed by atoms with E-state index in [9.17, 15) is 4.79 Å². The van der Waals surface area contributed by atoms with E-state index in [1.54, 1.807) is 0 Å². The number of thiophene rings is 1. The molecule has 2 heterocycles. The van der Waals surface area contributed by atoms with Gasteiger partial charge in [-0.05, 0) is 40.9 Å². The molecule has 2 N–H and O–H groups in total. The summed E-state index contributed by atoms with van der Waals surface area (Å²) in [7, 11) is 0. The Labute approximate surface area is 124 Å². The zero-order valence-electron chi connectivity index (χ0n) is 10.1. The normalized spacial score (nSPS) is 18.7. The van der Waals surface area contributed by atoms with Crippen molar-refractivity contribution < 1.29 is 4.79 Å². The van der Waals surface area contributed by atoms with E-state index in [1.165, 1.54) is 11.3 Å². The average molecular weight is 347 g/mol. The molecule has 98 valence electrons. The van der Waals surface area contributed by atoms with E-state index in [-0.39, 0.29) is 11.3 Å². The third-order valence-electron chi connectivity index (χ3n) is 3.53. The number of hydrogen-bond donors (Lipinski definition) is 1. The Morgan fingerprint density at radius 1 is 1.50 bits per heavy atom. The van der Waals surface area contributed by atoms with E-state index in [2.05, 4.69) is 22.9 Å². The van der Waals surface area contributed by atoms with E-state index in [1.807, 2.05) is 17.0 Å². The van der Waals surface area contributed by atoms with Crippen LogP contribution in [0.25, 0.3) is 0 Å². The highest BCUT2D eigenvalue weighted by atomic mass is 79.9. The third-order valence-corrected chi connectivity index (χ3v) is 5.64. The number of nitrogens with zero attached hydrogens (tertiary/aromatic N) is 1. The summed E-state index contributed by atoms with van der Waals surface area (Å²) in [4.78, 5) is 15.5. The number of hydrogen-bond acceptors (Lipinski definition) is 3. The zero-order valence-corrected chi connectivity index (χ0v) is 13.3. The van der Waals surface area contributed by atoms with Gasteiger partial charge in [-0.2, -0.15) is 0 Å². The fraction of sp³-hybridized carbons (Fsp3) is 0.500. The van der Waals surface area contributed by atoms with Crippen LogP contribution in [0.2, 0.25) is 0 Å². The van der Waals surface area contributed by atoms with Crippen LogP contribution in [-0.2, 0) is 0 Å². The molecule has 1 aromatic rings. The van der Waals surface area contributed by atoms with E-state index >= 15 is 0 Å². The highest BCUT2D eigenvalue weighted by Gasteiger charge is 2.34. The summed E-state index contributed by atoms with van der Waals surface area (Å²) in [6.45, 7) is 3.53. The van der Waals surface area contributed by atoms with Gasteiger partial charge in [0.25, 0.3) is 5.91 Å². The molecule has 1 aliphatic rings. The van der Waals surface area contributed by atoms with Gasteiger partial charge >= 0.3 is 0 Å². The standard InChI is InChI=1S/C12H15BrN2OS2/c1-12(11(14)17)4-6-15(7-5-12)10(16)8-2-3-9(13)18-8/h2-3H,4-7H2,1H3,(H2,14,17). The van der Waals surface area contributed by atoms with Gasteiger partial charge < -0.3 is 10.6 Å². The quantitative estimate of drug-likeness (QED) is 0.837. The van der Waals surface area contributed by atoms with Crippen molar-refractivity contribution in [1.82, 2.24) is 4.90 Å². The molecule has 1 saturated heterocycles. The predicted molar refractivity (Wildman–Crippen MR) is 82.0 cm³/mol. The first-order chi connectivity index (χ1) is 8.42. The van der Waals surface area contributed by atoms with Crippen LogP contribution in [0.1, 0.15) is 29.4 Å². The van der Waals surface area contributed by atoms with Gasteiger partial charge in [0.1, 0.15) is 0 Å². The molecule has 18 heavy (non-hydrogen) atoms. The molecular weight excluding hydrogens is 332 g/mol. The lowest BCUT2D eigenvalue weighted by Crippen LogP contribution is -2.46. The fourth-order valence-corrected chi connectivity index (χ4v) is 3.59. The van der Waals surface area contributed by atoms with Gasteiger partial charge in [0.15, 0.2) is 0 Å². The molecule has 0 saturated carbocycles. The smallest absolute Gasteiger partial charge is 0.263 e. The lowest BCUT2D eigenvalue weighted by molar-refractivity contribution is 0.0675. The molecule has 1 fully saturated rings. The second kappa shape index (κ2) is 5.27. The van der Waals surface area contributed by atoms with Crippen molar-refractivity contribution in [1.29, 1.82) is 0 Å². The van der Waals surface area contributed by atoms with Gasteiger partial charge in [0.05, 0.1) is 13.7 Å². The SMILES string of the molecule is CC1(C(N)=S)CCN(C(=O)c2ccc(Br)s2)CC1. The maximum atomic E-state index is 12.2. The summed E-state index contributed by atoms with van der Waals surface area (Å²) in [6, 6.07) is 3.76. The Kier molecular flexibility index (Phi) is 4.08. The highest BCUT2D eigenvalue weighted by molar-refractivity contribution is 9.11. The Bertz CT molecular complexity index is 478. The number of thiocarbonyl (C=S) groups is 1. The summed E-state index contributed by atoms with van der Waals surface area (Å²) in [5.74, 6) is 0.107. The summed E-state index contributed by atoms with van der Waals surface area (Å²) in [5.41, 5.74) is 5.67. The van der Waals surface area contributed by atoms with Crippen LogP contribution in [0.15, 0.2) is 15.9 Å². The molecular formula is C12H15BrN2OS2. The summed E-state index contributed by atoms with van der Waals surface area (Å²) >= 11 is 9.95. The molecule has 0 spiro atoms. The molecule has 2 rings (SSSR count). The zero-order chi connectivity index (χ0) is 13.3. The minimum atomic E-state index is -0.0951. The largest absolute Gasteiger partial charge is 0.393 e. The van der Waals surface area contributed by atoms with Crippen molar-refractivity contribution >= 4 is 50.4 Å². The van der Waals surface area contributed by atoms with Gasteiger partial charge in [-0.3, -0.25) is 4.79 Å². The first kappa shape index (κ1) is 14.0. The Balaban J connectivity index is 2.02. The summed E-state index contributed by atoms with van der Waals surface area (Å²) in [5, 5.41) is 0. The number of halogens is 1. The first-order valence-electron chi connectivity index (χ1n) is 5.77. The lowest BCUT2D eigenvalue weighted by atomic mass is 9.80. The highest BCUT2D eigenvalue weighted by Crippen LogP contribution is 2.32. The molecule has 0 aromatic carbocycles. The number of likely N-dealkylation sites (tertiary alicyclic amines) is 1.